The number of carbonyl (C=O) groups is 1. The molecule has 0 radical (unpaired) electrons. The van der Waals surface area contributed by atoms with Crippen LogP contribution in [-0.4, -0.2) is 29.2 Å². The second-order valence-corrected chi connectivity index (χ2v) is 4.44. The van der Waals surface area contributed by atoms with E-state index in [0.29, 0.717) is 10.0 Å². The van der Waals surface area contributed by atoms with Gasteiger partial charge in [-0.3, -0.25) is 4.84 Å². The Morgan fingerprint density at radius 1 is 1.56 bits per heavy atom. The summed E-state index contributed by atoms with van der Waals surface area (Å²) in [6, 6.07) is 5.43. The molecule has 0 spiro atoms. The molecular weight excluding hydrogens is 276 g/mol. The van der Waals surface area contributed by atoms with E-state index < -0.39 is 12.6 Å². The molecule has 0 amide bonds. The first-order valence-corrected chi connectivity index (χ1v) is 5.90. The van der Waals surface area contributed by atoms with Gasteiger partial charge in [0.2, 0.25) is 0 Å². The fourth-order valence-electron chi connectivity index (χ4n) is 1.15. The summed E-state index contributed by atoms with van der Waals surface area (Å²) in [6.07, 6.45) is 0. The molecule has 0 saturated heterocycles. The molecular formula is C11H13ClN2O3S. The second kappa shape index (κ2) is 7.27. The lowest BCUT2D eigenvalue weighted by Crippen LogP contribution is -2.28. The monoisotopic (exact) mass is 288 g/mol. The zero-order valence-corrected chi connectivity index (χ0v) is 11.3. The molecule has 0 saturated carbocycles. The van der Waals surface area contributed by atoms with Crippen molar-refractivity contribution in [2.45, 2.75) is 6.92 Å². The average Bonchev–Trinajstić information content (AvgIpc) is 2.29. The van der Waals surface area contributed by atoms with Crippen molar-refractivity contribution in [2.75, 3.05) is 18.5 Å². The largest absolute Gasteiger partial charge is 0.479 e. The minimum Gasteiger partial charge on any atom is -0.479 e. The summed E-state index contributed by atoms with van der Waals surface area (Å²) < 4.78 is 0. The Balaban J connectivity index is 2.40. The van der Waals surface area contributed by atoms with Gasteiger partial charge in [0.15, 0.2) is 6.61 Å². The van der Waals surface area contributed by atoms with E-state index in [1.165, 1.54) is 0 Å². The van der Waals surface area contributed by atoms with E-state index in [9.17, 15) is 4.79 Å². The number of carboxylic acids is 1. The van der Waals surface area contributed by atoms with E-state index in [-0.39, 0.29) is 6.54 Å². The SMILES string of the molecule is Cc1ccc(Cl)cc1NC(=S)CNOCC(=O)O. The molecule has 0 aliphatic carbocycles. The highest BCUT2D eigenvalue weighted by molar-refractivity contribution is 7.80. The maximum atomic E-state index is 10.2. The van der Waals surface area contributed by atoms with Crippen LogP contribution in [0.15, 0.2) is 18.2 Å². The van der Waals surface area contributed by atoms with Gasteiger partial charge in [-0.1, -0.05) is 29.9 Å². The molecule has 0 bridgehead atoms. The number of rotatable bonds is 6. The lowest BCUT2D eigenvalue weighted by Gasteiger charge is -2.11. The predicted molar refractivity (Wildman–Crippen MR) is 74.0 cm³/mol. The fraction of sp³-hybridized carbons (Fsp3) is 0.273. The summed E-state index contributed by atoms with van der Waals surface area (Å²) in [5.41, 5.74) is 4.27. The zero-order valence-electron chi connectivity index (χ0n) is 9.70. The lowest BCUT2D eigenvalue weighted by atomic mass is 10.2. The van der Waals surface area contributed by atoms with Crippen molar-refractivity contribution in [3.8, 4) is 0 Å². The van der Waals surface area contributed by atoms with Crippen molar-refractivity contribution in [3.05, 3.63) is 28.8 Å². The Kier molecular flexibility index (Phi) is 6.00. The number of thiocarbonyl (C=S) groups is 1. The third kappa shape index (κ3) is 5.42. The van der Waals surface area contributed by atoms with E-state index in [2.05, 4.69) is 15.6 Å². The van der Waals surface area contributed by atoms with Crippen molar-refractivity contribution in [3.63, 3.8) is 0 Å². The summed E-state index contributed by atoms with van der Waals surface area (Å²) in [7, 11) is 0. The molecule has 1 aromatic carbocycles. The number of carboxylic acid groups (broad SMARTS) is 1. The van der Waals surface area contributed by atoms with Crippen LogP contribution in [0.3, 0.4) is 0 Å². The minimum absolute atomic E-state index is 0.217. The summed E-state index contributed by atoms with van der Waals surface area (Å²) in [6.45, 7) is 1.73. The first kappa shape index (κ1) is 14.8. The number of halogens is 1. The van der Waals surface area contributed by atoms with Crippen molar-refractivity contribution in [2.24, 2.45) is 0 Å². The van der Waals surface area contributed by atoms with Crippen molar-refractivity contribution >= 4 is 40.5 Å². The number of anilines is 1. The molecule has 3 N–H and O–H groups in total. The Labute approximate surface area is 115 Å². The van der Waals surface area contributed by atoms with Crippen LogP contribution in [0.2, 0.25) is 5.02 Å². The zero-order chi connectivity index (χ0) is 13.5. The first-order valence-electron chi connectivity index (χ1n) is 5.11. The highest BCUT2D eigenvalue weighted by atomic mass is 35.5. The van der Waals surface area contributed by atoms with E-state index in [1.54, 1.807) is 12.1 Å². The first-order chi connectivity index (χ1) is 8.49. The van der Waals surface area contributed by atoms with Crippen LogP contribution in [0.5, 0.6) is 0 Å². The quantitative estimate of drug-likeness (QED) is 0.422. The normalized spacial score (nSPS) is 10.1. The number of hydrogen-bond donors (Lipinski definition) is 3. The molecule has 0 heterocycles. The van der Waals surface area contributed by atoms with Gasteiger partial charge in [-0.2, -0.15) is 5.48 Å². The smallest absolute Gasteiger partial charge is 0.331 e. The summed E-state index contributed by atoms with van der Waals surface area (Å²) in [5.74, 6) is -1.05. The van der Waals surface area contributed by atoms with Crippen molar-refractivity contribution in [1.29, 1.82) is 0 Å². The van der Waals surface area contributed by atoms with Gasteiger partial charge in [0, 0.05) is 10.7 Å². The van der Waals surface area contributed by atoms with Gasteiger partial charge in [0.05, 0.1) is 11.5 Å². The second-order valence-electron chi connectivity index (χ2n) is 3.51. The maximum absolute atomic E-state index is 10.2. The predicted octanol–water partition coefficient (Wildman–Crippen LogP) is 1.99. The highest BCUT2D eigenvalue weighted by Crippen LogP contribution is 2.20. The van der Waals surface area contributed by atoms with E-state index in [0.717, 1.165) is 11.3 Å². The number of benzene rings is 1. The third-order valence-electron chi connectivity index (χ3n) is 2.00. The Morgan fingerprint density at radius 2 is 2.28 bits per heavy atom. The van der Waals surface area contributed by atoms with Crippen molar-refractivity contribution < 1.29 is 14.7 Å². The molecule has 7 heteroatoms. The van der Waals surface area contributed by atoms with Crippen LogP contribution in [0.4, 0.5) is 5.69 Å². The van der Waals surface area contributed by atoms with Gasteiger partial charge in [-0.05, 0) is 24.6 Å². The van der Waals surface area contributed by atoms with Crippen LogP contribution in [-0.2, 0) is 9.63 Å². The van der Waals surface area contributed by atoms with Crippen LogP contribution >= 0.6 is 23.8 Å². The van der Waals surface area contributed by atoms with Crippen molar-refractivity contribution in [1.82, 2.24) is 5.48 Å². The minimum atomic E-state index is -1.05. The number of hydrogen-bond acceptors (Lipinski definition) is 4. The number of aliphatic carboxylic acids is 1. The van der Waals surface area contributed by atoms with Crippen LogP contribution in [0, 0.1) is 6.92 Å². The molecule has 1 aromatic rings. The molecule has 1 rings (SSSR count). The molecule has 0 aliphatic rings. The Hall–Kier alpha value is -1.21. The van der Waals surface area contributed by atoms with Gasteiger partial charge in [-0.25, -0.2) is 4.79 Å². The Bertz CT molecular complexity index is 454. The third-order valence-corrected chi connectivity index (χ3v) is 2.49. The topological polar surface area (TPSA) is 70.6 Å². The van der Waals surface area contributed by atoms with Gasteiger partial charge in [-0.15, -0.1) is 0 Å². The van der Waals surface area contributed by atoms with Gasteiger partial charge < -0.3 is 10.4 Å². The number of nitrogens with one attached hydrogen (secondary N) is 2. The summed E-state index contributed by atoms with van der Waals surface area (Å²) in [5, 5.41) is 12.0. The molecule has 0 fully saturated rings. The molecule has 0 unspecified atom stereocenters. The molecule has 98 valence electrons. The van der Waals surface area contributed by atoms with Crippen LogP contribution in [0.1, 0.15) is 5.56 Å². The fourth-order valence-corrected chi connectivity index (χ4v) is 1.49. The molecule has 0 aromatic heterocycles. The molecule has 5 nitrogen and oxygen atoms in total. The summed E-state index contributed by atoms with van der Waals surface area (Å²) in [4.78, 5) is 15.3. The van der Waals surface area contributed by atoms with Crippen LogP contribution in [0.25, 0.3) is 0 Å². The average molecular weight is 289 g/mol. The molecule has 0 aliphatic heterocycles. The van der Waals surface area contributed by atoms with E-state index in [1.807, 2.05) is 13.0 Å². The Morgan fingerprint density at radius 3 is 2.94 bits per heavy atom. The van der Waals surface area contributed by atoms with Crippen LogP contribution < -0.4 is 10.8 Å². The highest BCUT2D eigenvalue weighted by Gasteiger charge is 2.03. The van der Waals surface area contributed by atoms with Gasteiger partial charge >= 0.3 is 5.97 Å². The van der Waals surface area contributed by atoms with E-state index in [4.69, 9.17) is 28.9 Å². The standard InChI is InChI=1S/C11H13ClN2O3S/c1-7-2-3-8(12)4-9(7)14-10(18)5-13-17-6-11(15)16/h2-4,13H,5-6H2,1H3,(H,14,18)(H,15,16). The van der Waals surface area contributed by atoms with E-state index >= 15 is 0 Å². The van der Waals surface area contributed by atoms with Gasteiger partial charge in [0.1, 0.15) is 0 Å². The number of hydroxylamine groups is 1. The molecule has 0 atom stereocenters. The lowest BCUT2D eigenvalue weighted by molar-refractivity contribution is -0.144. The summed E-state index contributed by atoms with van der Waals surface area (Å²) >= 11 is 10.9. The van der Waals surface area contributed by atoms with Gasteiger partial charge in [0.25, 0.3) is 0 Å². The molecule has 18 heavy (non-hydrogen) atoms. The number of aryl methyl sites for hydroxylation is 1. The maximum Gasteiger partial charge on any atom is 0.331 e.